The molecule has 1 rings (SSSR count). The highest BCUT2D eigenvalue weighted by atomic mass is 32.2. The van der Waals surface area contributed by atoms with Crippen LogP contribution in [0.4, 0.5) is 0 Å². The Labute approximate surface area is 126 Å². The molecule has 0 radical (unpaired) electrons. The summed E-state index contributed by atoms with van der Waals surface area (Å²) in [5.74, 6) is 5.45. The van der Waals surface area contributed by atoms with Crippen molar-refractivity contribution in [3.63, 3.8) is 0 Å². The Morgan fingerprint density at radius 2 is 1.95 bits per heavy atom. The smallest absolute Gasteiger partial charge is 0.244 e. The minimum atomic E-state index is -3.72. The number of hydrogen-bond acceptors (Lipinski definition) is 4. The molecule has 0 aliphatic heterocycles. The van der Waals surface area contributed by atoms with Gasteiger partial charge < -0.3 is 10.8 Å². The summed E-state index contributed by atoms with van der Waals surface area (Å²) in [6.07, 6.45) is 0. The first-order valence-corrected chi connectivity index (χ1v) is 8.17. The number of nitrogens with two attached hydrogens (primary N) is 1. The Morgan fingerprint density at radius 3 is 2.48 bits per heavy atom. The van der Waals surface area contributed by atoms with Crippen LogP contribution in [0.5, 0.6) is 0 Å². The van der Waals surface area contributed by atoms with Crippen molar-refractivity contribution in [1.82, 2.24) is 4.31 Å². The standard InChI is InChI=1S/C15H22N2O3S/c1-4-17(12-15(2,3)18)21(19,20)14-10-6-5-8-13(14)9-7-11-16/h5-6,8,10,18H,4,11-12,16H2,1-3H3. The number of aliphatic hydroxyl groups is 1. The molecule has 0 atom stereocenters. The zero-order chi connectivity index (χ0) is 16.1. The molecule has 21 heavy (non-hydrogen) atoms. The molecular weight excluding hydrogens is 288 g/mol. The summed E-state index contributed by atoms with van der Waals surface area (Å²) in [5, 5.41) is 9.89. The van der Waals surface area contributed by atoms with E-state index in [-0.39, 0.29) is 24.5 Å². The van der Waals surface area contributed by atoms with Crippen molar-refractivity contribution in [2.24, 2.45) is 5.73 Å². The highest BCUT2D eigenvalue weighted by Gasteiger charge is 2.29. The van der Waals surface area contributed by atoms with Gasteiger partial charge in [-0.3, -0.25) is 0 Å². The van der Waals surface area contributed by atoms with Crippen LogP contribution >= 0.6 is 0 Å². The van der Waals surface area contributed by atoms with Crippen molar-refractivity contribution < 1.29 is 13.5 Å². The molecule has 3 N–H and O–H groups in total. The van der Waals surface area contributed by atoms with E-state index in [0.717, 1.165) is 0 Å². The van der Waals surface area contributed by atoms with Crippen LogP contribution in [0.1, 0.15) is 26.3 Å². The van der Waals surface area contributed by atoms with E-state index < -0.39 is 15.6 Å². The fraction of sp³-hybridized carbons (Fsp3) is 0.467. The molecule has 0 spiro atoms. The minimum absolute atomic E-state index is 0.0183. The van der Waals surface area contributed by atoms with E-state index in [2.05, 4.69) is 11.8 Å². The normalized spacial score (nSPS) is 12.1. The molecule has 0 bridgehead atoms. The maximum absolute atomic E-state index is 12.7. The Bertz CT molecular complexity index is 637. The van der Waals surface area contributed by atoms with E-state index in [1.807, 2.05) is 0 Å². The second-order valence-corrected chi connectivity index (χ2v) is 7.15. The van der Waals surface area contributed by atoms with E-state index in [1.54, 1.807) is 39.0 Å². The van der Waals surface area contributed by atoms with Crippen LogP contribution in [0.25, 0.3) is 0 Å². The monoisotopic (exact) mass is 310 g/mol. The second kappa shape index (κ2) is 7.05. The van der Waals surface area contributed by atoms with Crippen molar-refractivity contribution in [3.05, 3.63) is 29.8 Å². The van der Waals surface area contributed by atoms with Gasteiger partial charge in [0.25, 0.3) is 0 Å². The number of sulfonamides is 1. The van der Waals surface area contributed by atoms with E-state index in [0.29, 0.717) is 5.56 Å². The largest absolute Gasteiger partial charge is 0.389 e. The predicted molar refractivity (Wildman–Crippen MR) is 83.1 cm³/mol. The maximum atomic E-state index is 12.7. The Balaban J connectivity index is 3.29. The summed E-state index contributed by atoms with van der Waals surface area (Å²) >= 11 is 0. The highest BCUT2D eigenvalue weighted by molar-refractivity contribution is 7.89. The lowest BCUT2D eigenvalue weighted by Crippen LogP contribution is -2.42. The molecule has 0 aliphatic rings. The molecule has 0 heterocycles. The summed E-state index contributed by atoms with van der Waals surface area (Å²) in [7, 11) is -3.72. The molecule has 5 nitrogen and oxygen atoms in total. The van der Waals surface area contributed by atoms with Crippen LogP contribution in [-0.4, -0.2) is 43.1 Å². The highest BCUT2D eigenvalue weighted by Crippen LogP contribution is 2.21. The van der Waals surface area contributed by atoms with Crippen LogP contribution in [0.15, 0.2) is 29.2 Å². The van der Waals surface area contributed by atoms with Gasteiger partial charge in [-0.05, 0) is 26.0 Å². The van der Waals surface area contributed by atoms with Crippen LogP contribution in [-0.2, 0) is 10.0 Å². The first-order valence-electron chi connectivity index (χ1n) is 6.73. The van der Waals surface area contributed by atoms with Gasteiger partial charge in [0.05, 0.1) is 17.0 Å². The van der Waals surface area contributed by atoms with Gasteiger partial charge in [0.2, 0.25) is 10.0 Å². The van der Waals surface area contributed by atoms with Crippen molar-refractivity contribution in [2.75, 3.05) is 19.6 Å². The summed E-state index contributed by atoms with van der Waals surface area (Å²) in [6, 6.07) is 6.54. The molecule has 0 fully saturated rings. The van der Waals surface area contributed by atoms with Gasteiger partial charge in [0.1, 0.15) is 0 Å². The molecule has 116 valence electrons. The molecule has 0 unspecified atom stereocenters. The Kier molecular flexibility index (Phi) is 5.93. The molecule has 6 heteroatoms. The summed E-state index contributed by atoms with van der Waals surface area (Å²) in [6.45, 7) is 5.33. The zero-order valence-electron chi connectivity index (χ0n) is 12.6. The minimum Gasteiger partial charge on any atom is -0.389 e. The molecule has 0 aliphatic carbocycles. The van der Waals surface area contributed by atoms with Gasteiger partial charge in [0, 0.05) is 18.7 Å². The van der Waals surface area contributed by atoms with E-state index >= 15 is 0 Å². The molecule has 0 amide bonds. The second-order valence-electron chi connectivity index (χ2n) is 5.25. The average molecular weight is 310 g/mol. The predicted octanol–water partition coefficient (Wildman–Crippen LogP) is 0.778. The van der Waals surface area contributed by atoms with Crippen molar-refractivity contribution in [1.29, 1.82) is 0 Å². The Morgan fingerprint density at radius 1 is 1.33 bits per heavy atom. The van der Waals surface area contributed by atoms with Gasteiger partial charge in [-0.15, -0.1) is 0 Å². The third-order valence-electron chi connectivity index (χ3n) is 2.75. The van der Waals surface area contributed by atoms with Gasteiger partial charge in [-0.25, -0.2) is 8.42 Å². The average Bonchev–Trinajstić information content (AvgIpc) is 2.41. The van der Waals surface area contributed by atoms with Crippen LogP contribution in [0.3, 0.4) is 0 Å². The SMILES string of the molecule is CCN(CC(C)(C)O)S(=O)(=O)c1ccccc1C#CCN. The summed E-state index contributed by atoms with van der Waals surface area (Å²) in [5.41, 5.74) is 4.64. The van der Waals surface area contributed by atoms with Crippen molar-refractivity contribution in [3.8, 4) is 11.8 Å². The first-order chi connectivity index (χ1) is 9.72. The molecular formula is C15H22N2O3S. The fourth-order valence-electron chi connectivity index (χ4n) is 1.88. The first kappa shape index (κ1) is 17.7. The molecule has 1 aromatic rings. The van der Waals surface area contributed by atoms with E-state index in [4.69, 9.17) is 5.73 Å². The fourth-order valence-corrected chi connectivity index (χ4v) is 3.63. The zero-order valence-corrected chi connectivity index (χ0v) is 13.4. The lowest BCUT2D eigenvalue weighted by atomic mass is 10.1. The van der Waals surface area contributed by atoms with Gasteiger partial charge in [-0.1, -0.05) is 30.9 Å². The lowest BCUT2D eigenvalue weighted by Gasteiger charge is -2.27. The number of rotatable bonds is 5. The van der Waals surface area contributed by atoms with E-state index in [1.165, 1.54) is 10.4 Å². The van der Waals surface area contributed by atoms with E-state index in [9.17, 15) is 13.5 Å². The Hall–Kier alpha value is -1.39. The molecule has 0 saturated carbocycles. The summed E-state index contributed by atoms with van der Waals surface area (Å²) < 4.78 is 26.7. The maximum Gasteiger partial charge on any atom is 0.244 e. The molecule has 0 aromatic heterocycles. The number of nitrogens with zero attached hydrogens (tertiary/aromatic N) is 1. The number of benzene rings is 1. The van der Waals surface area contributed by atoms with Crippen LogP contribution in [0.2, 0.25) is 0 Å². The summed E-state index contributed by atoms with van der Waals surface area (Å²) in [4.78, 5) is 0.136. The van der Waals surface area contributed by atoms with Gasteiger partial charge in [-0.2, -0.15) is 4.31 Å². The van der Waals surface area contributed by atoms with Crippen molar-refractivity contribution >= 4 is 10.0 Å². The molecule has 1 aromatic carbocycles. The van der Waals surface area contributed by atoms with Crippen LogP contribution in [0, 0.1) is 11.8 Å². The van der Waals surface area contributed by atoms with Gasteiger partial charge >= 0.3 is 0 Å². The topological polar surface area (TPSA) is 83.6 Å². The number of hydrogen-bond donors (Lipinski definition) is 2. The quantitative estimate of drug-likeness (QED) is 0.787. The lowest BCUT2D eigenvalue weighted by molar-refractivity contribution is 0.0601. The van der Waals surface area contributed by atoms with Crippen molar-refractivity contribution in [2.45, 2.75) is 31.3 Å². The van der Waals surface area contributed by atoms with Crippen LogP contribution < -0.4 is 5.73 Å². The molecule has 0 saturated heterocycles. The number of likely N-dealkylation sites (N-methyl/N-ethyl adjacent to an activating group) is 1. The third-order valence-corrected chi connectivity index (χ3v) is 4.72. The van der Waals surface area contributed by atoms with Gasteiger partial charge in [0.15, 0.2) is 0 Å². The third kappa shape index (κ3) is 4.83.